The molecule has 2 nitrogen and oxygen atoms in total. The lowest BCUT2D eigenvalue weighted by Crippen LogP contribution is -2.05. The van der Waals surface area contributed by atoms with Gasteiger partial charge in [-0.15, -0.1) is 11.3 Å². The van der Waals surface area contributed by atoms with Crippen molar-refractivity contribution in [2.24, 2.45) is 0 Å². The lowest BCUT2D eigenvalue weighted by molar-refractivity contribution is -0.137. The number of rotatable bonds is 5. The van der Waals surface area contributed by atoms with Crippen LogP contribution < -0.4 is 4.74 Å². The number of thiophene rings is 1. The van der Waals surface area contributed by atoms with Crippen LogP contribution in [0.25, 0.3) is 21.2 Å². The third kappa shape index (κ3) is 4.24. The summed E-state index contributed by atoms with van der Waals surface area (Å²) in [5.74, 6) is 0.182. The van der Waals surface area contributed by atoms with Crippen molar-refractivity contribution >= 4 is 27.2 Å². The average molecular weight is 426 g/mol. The molecule has 4 aromatic rings. The van der Waals surface area contributed by atoms with Gasteiger partial charge in [-0.1, -0.05) is 42.5 Å². The fourth-order valence-electron chi connectivity index (χ4n) is 3.24. The summed E-state index contributed by atoms with van der Waals surface area (Å²) < 4.78 is 45.3. The first kappa shape index (κ1) is 20.2. The molecule has 0 atom stereocenters. The molecule has 1 heterocycles. The van der Waals surface area contributed by atoms with Crippen molar-refractivity contribution in [2.75, 3.05) is 0 Å². The standard InChI is InChI=1S/C24H17F3O2S/c1-15(28)16-5-2-6-17(11-16)22-10-3-7-18-12-21(30-23(18)22)14-29-20-9-4-8-19(13-20)24(25,26)27/h2-13H,14H2,1H3. The second-order valence-corrected chi connectivity index (χ2v) is 8.02. The van der Waals surface area contributed by atoms with Gasteiger partial charge >= 0.3 is 6.18 Å². The van der Waals surface area contributed by atoms with E-state index in [2.05, 4.69) is 0 Å². The monoisotopic (exact) mass is 426 g/mol. The van der Waals surface area contributed by atoms with Crippen molar-refractivity contribution < 1.29 is 22.7 Å². The molecule has 0 aliphatic rings. The van der Waals surface area contributed by atoms with Gasteiger partial charge in [0, 0.05) is 15.1 Å². The van der Waals surface area contributed by atoms with Gasteiger partial charge < -0.3 is 4.74 Å². The normalized spacial score (nSPS) is 11.6. The lowest BCUT2D eigenvalue weighted by Gasteiger charge is -2.09. The largest absolute Gasteiger partial charge is 0.488 e. The highest BCUT2D eigenvalue weighted by atomic mass is 32.1. The van der Waals surface area contributed by atoms with Crippen molar-refractivity contribution in [3.8, 4) is 16.9 Å². The van der Waals surface area contributed by atoms with Crippen LogP contribution in [0.5, 0.6) is 5.75 Å². The number of Topliss-reactive ketones (excluding diaryl/α,β-unsaturated/α-hetero) is 1. The Labute approximate surface area is 175 Å². The molecule has 152 valence electrons. The van der Waals surface area contributed by atoms with E-state index in [0.29, 0.717) is 5.56 Å². The summed E-state index contributed by atoms with van der Waals surface area (Å²) in [7, 11) is 0. The maximum Gasteiger partial charge on any atom is 0.416 e. The Morgan fingerprint density at radius 2 is 1.73 bits per heavy atom. The van der Waals surface area contributed by atoms with Crippen LogP contribution in [0.2, 0.25) is 0 Å². The molecule has 0 bridgehead atoms. The molecule has 0 aliphatic carbocycles. The van der Waals surface area contributed by atoms with Crippen molar-refractivity contribution in [2.45, 2.75) is 19.7 Å². The summed E-state index contributed by atoms with van der Waals surface area (Å²) in [6, 6.07) is 20.3. The first-order valence-electron chi connectivity index (χ1n) is 9.24. The van der Waals surface area contributed by atoms with E-state index in [1.54, 1.807) is 6.07 Å². The molecule has 0 saturated carbocycles. The number of ether oxygens (including phenoxy) is 1. The molecule has 4 rings (SSSR count). The third-order valence-electron chi connectivity index (χ3n) is 4.72. The summed E-state index contributed by atoms with van der Waals surface area (Å²) in [5, 5.41) is 1.02. The number of ketones is 1. The first-order chi connectivity index (χ1) is 14.3. The van der Waals surface area contributed by atoms with Crippen molar-refractivity contribution in [1.82, 2.24) is 0 Å². The number of carbonyl (C=O) groups is 1. The van der Waals surface area contributed by atoms with Crippen molar-refractivity contribution in [3.63, 3.8) is 0 Å². The Morgan fingerprint density at radius 1 is 0.967 bits per heavy atom. The summed E-state index contributed by atoms with van der Waals surface area (Å²) in [5.41, 5.74) is 1.87. The number of alkyl halides is 3. The summed E-state index contributed by atoms with van der Waals surface area (Å²) in [6.45, 7) is 1.71. The number of carbonyl (C=O) groups excluding carboxylic acids is 1. The Bertz CT molecular complexity index is 1220. The van der Waals surface area contributed by atoms with E-state index in [0.717, 1.165) is 38.2 Å². The molecule has 0 N–H and O–H groups in total. The maximum absolute atomic E-state index is 12.9. The molecule has 0 aliphatic heterocycles. The van der Waals surface area contributed by atoms with Crippen LogP contribution in [-0.2, 0) is 12.8 Å². The second kappa shape index (κ2) is 7.95. The van der Waals surface area contributed by atoms with Crippen LogP contribution in [0, 0.1) is 0 Å². The molecule has 6 heteroatoms. The molecule has 0 fully saturated rings. The molecule has 0 saturated heterocycles. The minimum Gasteiger partial charge on any atom is -0.488 e. The second-order valence-electron chi connectivity index (χ2n) is 6.89. The zero-order valence-electron chi connectivity index (χ0n) is 16.0. The van der Waals surface area contributed by atoms with E-state index in [1.165, 1.54) is 30.4 Å². The molecule has 0 amide bonds. The van der Waals surface area contributed by atoms with Gasteiger partial charge in [0.2, 0.25) is 0 Å². The Morgan fingerprint density at radius 3 is 2.50 bits per heavy atom. The maximum atomic E-state index is 12.9. The average Bonchev–Trinajstić information content (AvgIpc) is 3.15. The molecule has 0 spiro atoms. The zero-order valence-corrected chi connectivity index (χ0v) is 16.8. The SMILES string of the molecule is CC(=O)c1cccc(-c2cccc3cc(COc4cccc(C(F)(F)F)c4)sc23)c1. The number of hydrogen-bond donors (Lipinski definition) is 0. The first-order valence-corrected chi connectivity index (χ1v) is 10.1. The van der Waals surface area contributed by atoms with Crippen LogP contribution in [0.15, 0.2) is 72.8 Å². The molecule has 0 unspecified atom stereocenters. The quantitative estimate of drug-likeness (QED) is 0.312. The summed E-state index contributed by atoms with van der Waals surface area (Å²) >= 11 is 1.53. The molecular weight excluding hydrogens is 409 g/mol. The van der Waals surface area contributed by atoms with Crippen molar-refractivity contribution in [1.29, 1.82) is 0 Å². The third-order valence-corrected chi connectivity index (χ3v) is 5.88. The van der Waals surface area contributed by atoms with Gasteiger partial charge in [0.15, 0.2) is 5.78 Å². The predicted molar refractivity (Wildman–Crippen MR) is 113 cm³/mol. The number of fused-ring (bicyclic) bond motifs is 1. The summed E-state index contributed by atoms with van der Waals surface area (Å²) in [4.78, 5) is 12.6. The van der Waals surface area contributed by atoms with Gasteiger partial charge in [0.25, 0.3) is 0 Å². The smallest absolute Gasteiger partial charge is 0.416 e. The van der Waals surface area contributed by atoms with Gasteiger partial charge in [-0.2, -0.15) is 13.2 Å². The Kier molecular flexibility index (Phi) is 5.35. The fraction of sp³-hybridized carbons (Fsp3) is 0.125. The van der Waals surface area contributed by atoms with Crippen LogP contribution in [0.4, 0.5) is 13.2 Å². The predicted octanol–water partition coefficient (Wildman–Crippen LogP) is 7.37. The molecule has 30 heavy (non-hydrogen) atoms. The number of benzene rings is 3. The lowest BCUT2D eigenvalue weighted by atomic mass is 10.0. The van der Waals surface area contributed by atoms with Gasteiger partial charge in [-0.3, -0.25) is 4.79 Å². The number of halogens is 3. The fourth-order valence-corrected chi connectivity index (χ4v) is 4.34. The minimum atomic E-state index is -4.40. The van der Waals surface area contributed by atoms with E-state index in [-0.39, 0.29) is 18.1 Å². The minimum absolute atomic E-state index is 0.00498. The molecule has 1 aromatic heterocycles. The van der Waals surface area contributed by atoms with Crippen LogP contribution in [0.1, 0.15) is 27.7 Å². The van der Waals surface area contributed by atoms with Crippen LogP contribution in [-0.4, -0.2) is 5.78 Å². The highest BCUT2D eigenvalue weighted by Gasteiger charge is 2.30. The molecule has 3 aromatic carbocycles. The van der Waals surface area contributed by atoms with Crippen LogP contribution >= 0.6 is 11.3 Å². The topological polar surface area (TPSA) is 26.3 Å². The van der Waals surface area contributed by atoms with Gasteiger partial charge in [0.05, 0.1) is 5.56 Å². The zero-order chi connectivity index (χ0) is 21.3. The van der Waals surface area contributed by atoms with E-state index in [4.69, 9.17) is 4.74 Å². The van der Waals surface area contributed by atoms with Crippen LogP contribution in [0.3, 0.4) is 0 Å². The van der Waals surface area contributed by atoms with E-state index < -0.39 is 11.7 Å². The Hall–Kier alpha value is -3.12. The van der Waals surface area contributed by atoms with Gasteiger partial charge in [-0.25, -0.2) is 0 Å². The van der Waals surface area contributed by atoms with Gasteiger partial charge in [0.1, 0.15) is 12.4 Å². The van der Waals surface area contributed by atoms with Gasteiger partial charge in [-0.05, 0) is 53.8 Å². The Balaban J connectivity index is 1.61. The highest BCUT2D eigenvalue weighted by molar-refractivity contribution is 7.19. The number of hydrogen-bond acceptors (Lipinski definition) is 3. The summed E-state index contributed by atoms with van der Waals surface area (Å²) in [6.07, 6.45) is -4.40. The van der Waals surface area contributed by atoms with E-state index in [1.807, 2.05) is 42.5 Å². The molecular formula is C24H17F3O2S. The molecule has 0 radical (unpaired) electrons. The van der Waals surface area contributed by atoms with Crippen molar-refractivity contribution in [3.05, 3.63) is 88.8 Å². The van der Waals surface area contributed by atoms with E-state index >= 15 is 0 Å². The highest BCUT2D eigenvalue weighted by Crippen LogP contribution is 2.36. The van der Waals surface area contributed by atoms with E-state index in [9.17, 15) is 18.0 Å².